The topological polar surface area (TPSA) is 61.4 Å². The Morgan fingerprint density at radius 3 is 2.61 bits per heavy atom. The fraction of sp³-hybridized carbons (Fsp3) is 0.706. The highest BCUT2D eigenvalue weighted by molar-refractivity contribution is 5.35. The molecule has 3 heterocycles. The second kappa shape index (κ2) is 6.43. The fourth-order valence-corrected chi connectivity index (χ4v) is 3.97. The predicted octanol–water partition coefficient (Wildman–Crippen LogP) is 2.37. The molecule has 0 unspecified atom stereocenters. The maximum Gasteiger partial charge on any atom is 0.296 e. The fourth-order valence-electron chi connectivity index (χ4n) is 3.97. The third kappa shape index (κ3) is 2.92. The van der Waals surface area contributed by atoms with Crippen molar-refractivity contribution in [2.45, 2.75) is 57.4 Å². The van der Waals surface area contributed by atoms with Crippen molar-refractivity contribution in [1.82, 2.24) is 19.2 Å². The third-order valence-corrected chi connectivity index (χ3v) is 5.34. The van der Waals surface area contributed by atoms with Gasteiger partial charge in [0.1, 0.15) is 5.82 Å². The van der Waals surface area contributed by atoms with E-state index in [9.17, 15) is 4.79 Å². The van der Waals surface area contributed by atoms with Gasteiger partial charge in [-0.15, -0.1) is 10.2 Å². The van der Waals surface area contributed by atoms with Gasteiger partial charge in [-0.2, -0.15) is 0 Å². The van der Waals surface area contributed by atoms with E-state index in [0.717, 1.165) is 38.4 Å². The summed E-state index contributed by atoms with van der Waals surface area (Å²) in [6.07, 6.45) is 12.2. The summed E-state index contributed by atoms with van der Waals surface area (Å²) in [6.45, 7) is 2.34. The lowest BCUT2D eigenvalue weighted by Crippen LogP contribution is -2.26. The number of rotatable bonds is 3. The molecular weight excluding hydrogens is 292 g/mol. The molecule has 6 heteroatoms. The van der Waals surface area contributed by atoms with Crippen molar-refractivity contribution in [3.05, 3.63) is 28.6 Å². The van der Waals surface area contributed by atoms with Crippen molar-refractivity contribution in [3.8, 4) is 0 Å². The largest absolute Gasteiger partial charge is 0.381 e. The molecule has 0 bridgehead atoms. The quantitative estimate of drug-likeness (QED) is 0.872. The average molecular weight is 316 g/mol. The molecule has 0 spiro atoms. The Bertz CT molecular complexity index is 724. The van der Waals surface area contributed by atoms with Gasteiger partial charge in [0.05, 0.1) is 0 Å². The first-order valence-electron chi connectivity index (χ1n) is 8.85. The van der Waals surface area contributed by atoms with E-state index in [1.54, 1.807) is 0 Å². The Hall–Kier alpha value is -1.69. The molecule has 124 valence electrons. The lowest BCUT2D eigenvalue weighted by molar-refractivity contribution is 0.0834. The molecule has 2 aromatic heterocycles. The molecule has 0 aromatic carbocycles. The molecule has 0 amide bonds. The van der Waals surface area contributed by atoms with Gasteiger partial charge in [-0.3, -0.25) is 9.20 Å². The summed E-state index contributed by atoms with van der Waals surface area (Å²) in [5.74, 6) is 1.87. The molecule has 2 aliphatic rings. The number of nitrogens with zero attached hydrogens (tertiary/aromatic N) is 4. The highest BCUT2D eigenvalue weighted by atomic mass is 16.5. The van der Waals surface area contributed by atoms with Gasteiger partial charge >= 0.3 is 0 Å². The molecule has 2 aromatic rings. The lowest BCUT2D eigenvalue weighted by atomic mass is 9.89. The highest BCUT2D eigenvalue weighted by Crippen LogP contribution is 2.26. The summed E-state index contributed by atoms with van der Waals surface area (Å²) in [4.78, 5) is 12.7. The van der Waals surface area contributed by atoms with Crippen LogP contribution in [-0.2, 0) is 11.3 Å². The number of ether oxygens (including phenoxy) is 1. The van der Waals surface area contributed by atoms with Crippen LogP contribution in [0.4, 0.5) is 0 Å². The molecule has 1 saturated heterocycles. The lowest BCUT2D eigenvalue weighted by Gasteiger charge is -2.22. The van der Waals surface area contributed by atoms with E-state index in [-0.39, 0.29) is 5.56 Å². The summed E-state index contributed by atoms with van der Waals surface area (Å²) in [6, 6.07) is 0. The molecule has 6 nitrogen and oxygen atoms in total. The molecule has 1 aliphatic carbocycles. The van der Waals surface area contributed by atoms with Crippen LogP contribution in [0.2, 0.25) is 0 Å². The Labute approximate surface area is 135 Å². The van der Waals surface area contributed by atoms with Gasteiger partial charge in [0.2, 0.25) is 5.65 Å². The SMILES string of the molecule is O=c1c2nnc(C3CCOCC3)n2ccn1CC1CCCCC1. The highest BCUT2D eigenvalue weighted by Gasteiger charge is 2.23. The molecule has 2 fully saturated rings. The van der Waals surface area contributed by atoms with Gasteiger partial charge in [-0.1, -0.05) is 19.3 Å². The van der Waals surface area contributed by atoms with Crippen molar-refractivity contribution in [3.63, 3.8) is 0 Å². The zero-order valence-electron chi connectivity index (χ0n) is 13.5. The van der Waals surface area contributed by atoms with Gasteiger partial charge < -0.3 is 9.30 Å². The number of hydrogen-bond donors (Lipinski definition) is 0. The van der Waals surface area contributed by atoms with E-state index >= 15 is 0 Å². The van der Waals surface area contributed by atoms with Gasteiger partial charge in [0.15, 0.2) is 0 Å². The molecular formula is C17H24N4O2. The van der Waals surface area contributed by atoms with E-state index < -0.39 is 0 Å². The minimum atomic E-state index is -0.0103. The molecule has 0 N–H and O–H groups in total. The molecule has 0 atom stereocenters. The van der Waals surface area contributed by atoms with Crippen molar-refractivity contribution >= 4 is 5.65 Å². The van der Waals surface area contributed by atoms with Crippen molar-refractivity contribution < 1.29 is 4.74 Å². The Kier molecular flexibility index (Phi) is 4.16. The minimum absolute atomic E-state index is 0.0103. The Morgan fingerprint density at radius 1 is 1.04 bits per heavy atom. The van der Waals surface area contributed by atoms with Crippen LogP contribution in [0.25, 0.3) is 5.65 Å². The number of aromatic nitrogens is 4. The van der Waals surface area contributed by atoms with E-state index in [1.165, 1.54) is 32.1 Å². The van der Waals surface area contributed by atoms with Crippen molar-refractivity contribution in [2.75, 3.05) is 13.2 Å². The van der Waals surface area contributed by atoms with Gasteiger partial charge in [-0.25, -0.2) is 0 Å². The summed E-state index contributed by atoms with van der Waals surface area (Å²) < 4.78 is 9.13. The molecule has 23 heavy (non-hydrogen) atoms. The van der Waals surface area contributed by atoms with Crippen LogP contribution in [-0.4, -0.2) is 32.4 Å². The van der Waals surface area contributed by atoms with E-state index in [4.69, 9.17) is 4.74 Å². The first kappa shape index (κ1) is 14.9. The predicted molar refractivity (Wildman–Crippen MR) is 86.6 cm³/mol. The van der Waals surface area contributed by atoms with Gasteiger partial charge in [0, 0.05) is 38.1 Å². The standard InChI is InChI=1S/C17H24N4O2/c22-17-16-19-18-15(14-6-10-23-11-7-14)21(16)9-8-20(17)12-13-4-2-1-3-5-13/h8-9,13-14H,1-7,10-12H2. The Morgan fingerprint density at radius 2 is 1.83 bits per heavy atom. The van der Waals surface area contributed by atoms with Crippen LogP contribution in [0.1, 0.15) is 56.7 Å². The van der Waals surface area contributed by atoms with E-state index in [0.29, 0.717) is 17.5 Å². The van der Waals surface area contributed by atoms with Crippen molar-refractivity contribution in [1.29, 1.82) is 0 Å². The summed E-state index contributed by atoms with van der Waals surface area (Å²) >= 11 is 0. The van der Waals surface area contributed by atoms with Gasteiger partial charge in [0.25, 0.3) is 5.56 Å². The minimum Gasteiger partial charge on any atom is -0.381 e. The van der Waals surface area contributed by atoms with Gasteiger partial charge in [-0.05, 0) is 31.6 Å². The molecule has 1 saturated carbocycles. The molecule has 4 rings (SSSR count). The Balaban J connectivity index is 1.62. The first-order valence-corrected chi connectivity index (χ1v) is 8.85. The van der Waals surface area contributed by atoms with Crippen molar-refractivity contribution in [2.24, 2.45) is 5.92 Å². The average Bonchev–Trinajstić information content (AvgIpc) is 3.04. The summed E-state index contributed by atoms with van der Waals surface area (Å²) in [5.41, 5.74) is 0.452. The first-order chi connectivity index (χ1) is 11.3. The second-order valence-electron chi connectivity index (χ2n) is 6.90. The van der Waals surface area contributed by atoms with Crippen LogP contribution in [0, 0.1) is 5.92 Å². The second-order valence-corrected chi connectivity index (χ2v) is 6.90. The smallest absolute Gasteiger partial charge is 0.296 e. The van der Waals surface area contributed by atoms with Crippen LogP contribution in [0.3, 0.4) is 0 Å². The molecule has 1 aliphatic heterocycles. The number of fused-ring (bicyclic) bond motifs is 1. The van der Waals surface area contributed by atoms with Crippen LogP contribution < -0.4 is 5.56 Å². The summed E-state index contributed by atoms with van der Waals surface area (Å²) in [7, 11) is 0. The zero-order valence-corrected chi connectivity index (χ0v) is 13.5. The van der Waals surface area contributed by atoms with E-state index in [2.05, 4.69) is 10.2 Å². The van der Waals surface area contributed by atoms with Crippen LogP contribution >= 0.6 is 0 Å². The molecule has 0 radical (unpaired) electrons. The summed E-state index contributed by atoms with van der Waals surface area (Å²) in [5, 5.41) is 8.50. The van der Waals surface area contributed by atoms with Crippen LogP contribution in [0.15, 0.2) is 17.2 Å². The normalized spacial score (nSPS) is 21.0. The zero-order chi connectivity index (χ0) is 15.6. The number of hydrogen-bond acceptors (Lipinski definition) is 4. The maximum atomic E-state index is 12.7. The monoisotopic (exact) mass is 316 g/mol. The van der Waals surface area contributed by atoms with E-state index in [1.807, 2.05) is 21.4 Å². The third-order valence-electron chi connectivity index (χ3n) is 5.34. The van der Waals surface area contributed by atoms with Crippen LogP contribution in [0.5, 0.6) is 0 Å². The maximum absolute atomic E-state index is 12.7.